The monoisotopic (exact) mass is 142 g/mol. The maximum absolute atomic E-state index is 5.65. The summed E-state index contributed by atoms with van der Waals surface area (Å²) >= 11 is 0. The number of ether oxygens (including phenoxy) is 2. The Morgan fingerprint density at radius 2 is 2.60 bits per heavy atom. The molecule has 2 fully saturated rings. The Bertz CT molecular complexity index is 125. The van der Waals surface area contributed by atoms with Crippen molar-refractivity contribution < 1.29 is 9.47 Å². The van der Waals surface area contributed by atoms with Crippen LogP contribution in [-0.2, 0) is 9.47 Å². The summed E-state index contributed by atoms with van der Waals surface area (Å²) < 4.78 is 10.8. The van der Waals surface area contributed by atoms with Crippen LogP contribution in [0, 0.1) is 5.92 Å². The van der Waals surface area contributed by atoms with E-state index in [2.05, 4.69) is 0 Å². The predicted molar refractivity (Wildman–Crippen MR) is 37.9 cm³/mol. The molecular formula is C8H14O2. The van der Waals surface area contributed by atoms with Gasteiger partial charge in [0.1, 0.15) is 0 Å². The number of fused-ring (bicyclic) bond motifs is 2. The lowest BCUT2D eigenvalue weighted by atomic mass is 10.0. The molecule has 1 aliphatic carbocycles. The minimum Gasteiger partial charge on any atom is -0.382 e. The average Bonchev–Trinajstić information content (AvgIpc) is 2.46. The molecule has 1 heterocycles. The Balaban J connectivity index is 2.01. The van der Waals surface area contributed by atoms with Crippen molar-refractivity contribution in [2.75, 3.05) is 20.3 Å². The molecule has 0 aromatic heterocycles. The maximum atomic E-state index is 5.65. The van der Waals surface area contributed by atoms with Gasteiger partial charge in [0, 0.05) is 7.11 Å². The smallest absolute Gasteiger partial charge is 0.0918 e. The number of hydrogen-bond acceptors (Lipinski definition) is 2. The molecule has 0 N–H and O–H groups in total. The van der Waals surface area contributed by atoms with Crippen molar-refractivity contribution in [1.82, 2.24) is 0 Å². The van der Waals surface area contributed by atoms with Crippen molar-refractivity contribution in [1.29, 1.82) is 0 Å². The molecule has 0 aromatic carbocycles. The van der Waals surface area contributed by atoms with E-state index in [0.717, 1.165) is 19.1 Å². The second-order valence-electron chi connectivity index (χ2n) is 3.54. The largest absolute Gasteiger partial charge is 0.382 e. The van der Waals surface area contributed by atoms with Gasteiger partial charge in [-0.25, -0.2) is 0 Å². The molecule has 2 bridgehead atoms. The molecule has 1 aliphatic heterocycles. The summed E-state index contributed by atoms with van der Waals surface area (Å²) in [6.45, 7) is 1.77. The molecule has 0 spiro atoms. The predicted octanol–water partition coefficient (Wildman–Crippen LogP) is 1.20. The van der Waals surface area contributed by atoms with Crippen LogP contribution in [0.3, 0.4) is 0 Å². The summed E-state index contributed by atoms with van der Waals surface area (Å²) in [5, 5.41) is 0. The molecule has 0 amide bonds. The number of hydrogen-bond donors (Lipinski definition) is 0. The van der Waals surface area contributed by atoms with Gasteiger partial charge in [0.25, 0.3) is 0 Å². The highest BCUT2D eigenvalue weighted by molar-refractivity contribution is 4.95. The van der Waals surface area contributed by atoms with Crippen LogP contribution in [0.2, 0.25) is 0 Å². The average molecular weight is 142 g/mol. The molecule has 0 unspecified atom stereocenters. The van der Waals surface area contributed by atoms with E-state index in [0.29, 0.717) is 0 Å². The van der Waals surface area contributed by atoms with Crippen LogP contribution in [0.25, 0.3) is 0 Å². The molecule has 10 heavy (non-hydrogen) atoms. The SMILES string of the molecule is COC[C@@]12CC[C@@H](CO1)C2. The molecule has 2 nitrogen and oxygen atoms in total. The number of methoxy groups -OCH3 is 1. The first kappa shape index (κ1) is 6.62. The van der Waals surface area contributed by atoms with Crippen molar-refractivity contribution >= 4 is 0 Å². The normalized spacial score (nSPS) is 44.7. The first-order valence-electron chi connectivity index (χ1n) is 3.98. The molecule has 0 aromatic rings. The Morgan fingerprint density at radius 3 is 3.00 bits per heavy atom. The fourth-order valence-electron chi connectivity index (χ4n) is 2.20. The lowest BCUT2D eigenvalue weighted by Crippen LogP contribution is -2.31. The first-order chi connectivity index (χ1) is 4.85. The highest BCUT2D eigenvalue weighted by Gasteiger charge is 2.46. The van der Waals surface area contributed by atoms with E-state index in [4.69, 9.17) is 9.47 Å². The molecule has 58 valence electrons. The summed E-state index contributed by atoms with van der Waals surface area (Å²) in [4.78, 5) is 0. The minimum atomic E-state index is 0.138. The minimum absolute atomic E-state index is 0.138. The molecule has 2 aliphatic rings. The van der Waals surface area contributed by atoms with Gasteiger partial charge in [-0.1, -0.05) is 0 Å². The second-order valence-corrected chi connectivity index (χ2v) is 3.54. The zero-order chi connectivity index (χ0) is 7.03. The summed E-state index contributed by atoms with van der Waals surface area (Å²) in [6.07, 6.45) is 3.80. The second kappa shape index (κ2) is 2.21. The third kappa shape index (κ3) is 0.867. The Kier molecular flexibility index (Phi) is 1.46. The summed E-state index contributed by atoms with van der Waals surface area (Å²) in [7, 11) is 1.75. The molecule has 2 heteroatoms. The maximum Gasteiger partial charge on any atom is 0.0918 e. The molecule has 2 rings (SSSR count). The third-order valence-electron chi connectivity index (χ3n) is 2.70. The van der Waals surface area contributed by atoms with Gasteiger partial charge in [0.05, 0.1) is 18.8 Å². The topological polar surface area (TPSA) is 18.5 Å². The van der Waals surface area contributed by atoms with E-state index in [1.165, 1.54) is 19.3 Å². The quantitative estimate of drug-likeness (QED) is 0.576. The zero-order valence-electron chi connectivity index (χ0n) is 6.43. The highest BCUT2D eigenvalue weighted by atomic mass is 16.5. The van der Waals surface area contributed by atoms with Gasteiger partial charge in [0.15, 0.2) is 0 Å². The fourth-order valence-corrected chi connectivity index (χ4v) is 2.20. The molecule has 0 radical (unpaired) electrons. The molecule has 1 saturated carbocycles. The van der Waals surface area contributed by atoms with Crippen molar-refractivity contribution in [2.45, 2.75) is 24.9 Å². The summed E-state index contributed by atoms with van der Waals surface area (Å²) in [5.41, 5.74) is 0.138. The van der Waals surface area contributed by atoms with Crippen LogP contribution >= 0.6 is 0 Å². The van der Waals surface area contributed by atoms with Crippen LogP contribution < -0.4 is 0 Å². The fraction of sp³-hybridized carbons (Fsp3) is 1.00. The van der Waals surface area contributed by atoms with Gasteiger partial charge in [-0.3, -0.25) is 0 Å². The van der Waals surface area contributed by atoms with Gasteiger partial charge in [-0.15, -0.1) is 0 Å². The van der Waals surface area contributed by atoms with Gasteiger partial charge in [0.2, 0.25) is 0 Å². The van der Waals surface area contributed by atoms with Crippen LogP contribution in [0.5, 0.6) is 0 Å². The van der Waals surface area contributed by atoms with Crippen LogP contribution in [0.4, 0.5) is 0 Å². The summed E-state index contributed by atoms with van der Waals surface area (Å²) in [6, 6.07) is 0. The van der Waals surface area contributed by atoms with Crippen LogP contribution in [0.1, 0.15) is 19.3 Å². The van der Waals surface area contributed by atoms with E-state index >= 15 is 0 Å². The highest BCUT2D eigenvalue weighted by Crippen LogP contribution is 2.44. The van der Waals surface area contributed by atoms with Gasteiger partial charge in [-0.2, -0.15) is 0 Å². The van der Waals surface area contributed by atoms with Crippen LogP contribution in [-0.4, -0.2) is 25.9 Å². The van der Waals surface area contributed by atoms with Crippen molar-refractivity contribution in [3.63, 3.8) is 0 Å². The Morgan fingerprint density at radius 1 is 1.70 bits per heavy atom. The molecular weight excluding hydrogens is 128 g/mol. The Labute approximate surface area is 61.5 Å². The molecule has 1 saturated heterocycles. The van der Waals surface area contributed by atoms with E-state index < -0.39 is 0 Å². The van der Waals surface area contributed by atoms with Gasteiger partial charge in [-0.05, 0) is 25.2 Å². The summed E-state index contributed by atoms with van der Waals surface area (Å²) in [5.74, 6) is 0.843. The van der Waals surface area contributed by atoms with Crippen molar-refractivity contribution in [3.8, 4) is 0 Å². The van der Waals surface area contributed by atoms with E-state index in [1.54, 1.807) is 7.11 Å². The van der Waals surface area contributed by atoms with E-state index in [9.17, 15) is 0 Å². The Hall–Kier alpha value is -0.0800. The lowest BCUT2D eigenvalue weighted by molar-refractivity contribution is -0.0640. The van der Waals surface area contributed by atoms with Crippen molar-refractivity contribution in [2.24, 2.45) is 5.92 Å². The van der Waals surface area contributed by atoms with E-state index in [-0.39, 0.29) is 5.60 Å². The third-order valence-corrected chi connectivity index (χ3v) is 2.70. The standard InChI is InChI=1S/C8H14O2/c1-9-6-8-3-2-7(4-8)5-10-8/h7H,2-6H2,1H3/t7-,8+/m1/s1. The lowest BCUT2D eigenvalue weighted by Gasteiger charge is -2.25. The molecule has 2 atom stereocenters. The van der Waals surface area contributed by atoms with E-state index in [1.807, 2.05) is 0 Å². The van der Waals surface area contributed by atoms with Crippen LogP contribution in [0.15, 0.2) is 0 Å². The number of rotatable bonds is 2. The first-order valence-corrected chi connectivity index (χ1v) is 3.98. The zero-order valence-corrected chi connectivity index (χ0v) is 6.43. The van der Waals surface area contributed by atoms with Gasteiger partial charge >= 0.3 is 0 Å². The van der Waals surface area contributed by atoms with Gasteiger partial charge < -0.3 is 9.47 Å². The van der Waals surface area contributed by atoms with Crippen molar-refractivity contribution in [3.05, 3.63) is 0 Å².